The molecule has 0 bridgehead atoms. The van der Waals surface area contributed by atoms with Crippen LogP contribution in [-0.2, 0) is 0 Å². The van der Waals surface area contributed by atoms with Gasteiger partial charge in [-0.05, 0) is 32.0 Å². The van der Waals surface area contributed by atoms with Crippen molar-refractivity contribution in [2.75, 3.05) is 18.0 Å². The fourth-order valence-electron chi connectivity index (χ4n) is 2.53. The molecule has 0 aliphatic carbocycles. The van der Waals surface area contributed by atoms with Crippen molar-refractivity contribution in [3.05, 3.63) is 47.5 Å². The van der Waals surface area contributed by atoms with Crippen molar-refractivity contribution in [3.63, 3.8) is 0 Å². The zero-order valence-electron chi connectivity index (χ0n) is 13.1. The Bertz CT molecular complexity index is 740. The Balaban J connectivity index is 1.73. The van der Waals surface area contributed by atoms with Gasteiger partial charge in [0, 0.05) is 36.2 Å². The second-order valence-corrected chi connectivity index (χ2v) is 5.58. The number of aromatic amines is 1. The Hall–Kier alpha value is -2.83. The van der Waals surface area contributed by atoms with Crippen molar-refractivity contribution in [1.82, 2.24) is 20.6 Å². The van der Waals surface area contributed by atoms with E-state index >= 15 is 0 Å². The van der Waals surface area contributed by atoms with Gasteiger partial charge in [-0.2, -0.15) is 0 Å². The number of amides is 3. The van der Waals surface area contributed by atoms with Gasteiger partial charge in [-0.1, -0.05) is 6.07 Å². The SMILES string of the molecule is Cc1cnc([C@H](C)NC(=O)c2cccc(N3CCNC3=O)c2)[nH]1. The molecule has 3 N–H and O–H groups in total. The van der Waals surface area contributed by atoms with E-state index in [4.69, 9.17) is 0 Å². The van der Waals surface area contributed by atoms with E-state index in [0.717, 1.165) is 5.69 Å². The molecule has 1 fully saturated rings. The van der Waals surface area contributed by atoms with Crippen LogP contribution in [0.25, 0.3) is 0 Å². The van der Waals surface area contributed by atoms with Gasteiger partial charge >= 0.3 is 6.03 Å². The van der Waals surface area contributed by atoms with E-state index in [9.17, 15) is 9.59 Å². The van der Waals surface area contributed by atoms with Gasteiger partial charge < -0.3 is 15.6 Å². The van der Waals surface area contributed by atoms with Crippen LogP contribution in [0.3, 0.4) is 0 Å². The van der Waals surface area contributed by atoms with E-state index in [2.05, 4.69) is 20.6 Å². The largest absolute Gasteiger partial charge is 0.344 e. The molecular formula is C16H19N5O2. The van der Waals surface area contributed by atoms with Gasteiger partial charge in [0.1, 0.15) is 5.82 Å². The van der Waals surface area contributed by atoms with Crippen LogP contribution in [0.5, 0.6) is 0 Å². The highest BCUT2D eigenvalue weighted by Crippen LogP contribution is 2.19. The van der Waals surface area contributed by atoms with Crippen molar-refractivity contribution < 1.29 is 9.59 Å². The third kappa shape index (κ3) is 3.18. The first kappa shape index (κ1) is 15.1. The number of carbonyl (C=O) groups excluding carboxylic acids is 2. The zero-order valence-corrected chi connectivity index (χ0v) is 13.1. The lowest BCUT2D eigenvalue weighted by molar-refractivity contribution is 0.0938. The molecule has 3 rings (SSSR count). The first-order valence-corrected chi connectivity index (χ1v) is 7.52. The Morgan fingerprint density at radius 3 is 2.91 bits per heavy atom. The van der Waals surface area contributed by atoms with E-state index in [1.807, 2.05) is 19.9 Å². The zero-order chi connectivity index (χ0) is 16.4. The van der Waals surface area contributed by atoms with Crippen molar-refractivity contribution in [2.24, 2.45) is 0 Å². The molecule has 23 heavy (non-hydrogen) atoms. The van der Waals surface area contributed by atoms with Crippen LogP contribution in [0.1, 0.15) is 34.8 Å². The van der Waals surface area contributed by atoms with Gasteiger partial charge in [-0.15, -0.1) is 0 Å². The molecule has 1 aliphatic heterocycles. The predicted octanol–water partition coefficient (Wildman–Crippen LogP) is 1.74. The van der Waals surface area contributed by atoms with Crippen molar-refractivity contribution in [2.45, 2.75) is 19.9 Å². The summed E-state index contributed by atoms with van der Waals surface area (Å²) in [6, 6.07) is 6.68. The summed E-state index contributed by atoms with van der Waals surface area (Å²) in [5.74, 6) is 0.513. The molecule has 0 saturated carbocycles. The average molecular weight is 313 g/mol. The minimum atomic E-state index is -0.227. The lowest BCUT2D eigenvalue weighted by Crippen LogP contribution is -2.29. The number of H-pyrrole nitrogens is 1. The number of imidazole rings is 1. The third-order valence-corrected chi connectivity index (χ3v) is 3.76. The molecule has 1 atom stereocenters. The normalized spacial score (nSPS) is 15.4. The second kappa shape index (κ2) is 6.12. The van der Waals surface area contributed by atoms with Gasteiger partial charge in [0.25, 0.3) is 5.91 Å². The molecule has 2 aromatic rings. The Morgan fingerprint density at radius 1 is 1.43 bits per heavy atom. The van der Waals surface area contributed by atoms with Crippen LogP contribution < -0.4 is 15.5 Å². The standard InChI is InChI=1S/C16H19N5O2/c1-10-9-18-14(19-10)11(2)20-15(22)12-4-3-5-13(8-12)21-7-6-17-16(21)23/h3-5,8-9,11H,6-7H2,1-2H3,(H,17,23)(H,18,19)(H,20,22)/t11-/m0/s1. The molecule has 3 amide bonds. The number of nitrogens with zero attached hydrogens (tertiary/aromatic N) is 2. The Kier molecular flexibility index (Phi) is 4.01. The van der Waals surface area contributed by atoms with E-state index in [-0.39, 0.29) is 18.0 Å². The van der Waals surface area contributed by atoms with Crippen LogP contribution in [0, 0.1) is 6.92 Å². The highest BCUT2D eigenvalue weighted by atomic mass is 16.2. The lowest BCUT2D eigenvalue weighted by Gasteiger charge is -2.16. The average Bonchev–Trinajstić information content (AvgIpc) is 3.16. The number of carbonyl (C=O) groups is 2. The summed E-state index contributed by atoms with van der Waals surface area (Å²) in [6.07, 6.45) is 1.73. The van der Waals surface area contributed by atoms with Gasteiger partial charge in [0.05, 0.1) is 6.04 Å². The summed E-state index contributed by atoms with van der Waals surface area (Å²) < 4.78 is 0. The number of urea groups is 1. The molecule has 0 radical (unpaired) electrons. The predicted molar refractivity (Wildman–Crippen MR) is 86.4 cm³/mol. The van der Waals surface area contributed by atoms with Crippen LogP contribution >= 0.6 is 0 Å². The smallest absolute Gasteiger partial charge is 0.321 e. The fraction of sp³-hybridized carbons (Fsp3) is 0.312. The van der Waals surface area contributed by atoms with Gasteiger partial charge in [-0.3, -0.25) is 9.69 Å². The maximum Gasteiger partial charge on any atom is 0.321 e. The molecule has 7 heteroatoms. The van der Waals surface area contributed by atoms with Crippen molar-refractivity contribution in [3.8, 4) is 0 Å². The van der Waals surface area contributed by atoms with Crippen molar-refractivity contribution in [1.29, 1.82) is 0 Å². The number of hydrogen-bond donors (Lipinski definition) is 3. The Labute approximate surface area is 134 Å². The summed E-state index contributed by atoms with van der Waals surface area (Å²) in [4.78, 5) is 33.1. The summed E-state index contributed by atoms with van der Waals surface area (Å²) in [7, 11) is 0. The number of benzene rings is 1. The highest BCUT2D eigenvalue weighted by molar-refractivity contribution is 5.98. The molecule has 0 spiro atoms. The van der Waals surface area contributed by atoms with E-state index < -0.39 is 0 Å². The minimum absolute atomic E-state index is 0.137. The van der Waals surface area contributed by atoms with Gasteiger partial charge in [0.2, 0.25) is 0 Å². The first-order chi connectivity index (χ1) is 11.0. The van der Waals surface area contributed by atoms with Gasteiger partial charge in [0.15, 0.2) is 0 Å². The summed E-state index contributed by atoms with van der Waals surface area (Å²) in [5.41, 5.74) is 2.18. The topological polar surface area (TPSA) is 90.1 Å². The second-order valence-electron chi connectivity index (χ2n) is 5.58. The van der Waals surface area contributed by atoms with Gasteiger partial charge in [-0.25, -0.2) is 9.78 Å². The van der Waals surface area contributed by atoms with Crippen LogP contribution in [0.4, 0.5) is 10.5 Å². The molecule has 1 aromatic carbocycles. The van der Waals surface area contributed by atoms with E-state index in [1.54, 1.807) is 29.3 Å². The summed E-state index contributed by atoms with van der Waals surface area (Å²) in [5, 5.41) is 5.65. The Morgan fingerprint density at radius 2 is 2.26 bits per heavy atom. The minimum Gasteiger partial charge on any atom is -0.344 e. The van der Waals surface area contributed by atoms with Crippen LogP contribution in [0.15, 0.2) is 30.5 Å². The number of anilines is 1. The number of hydrogen-bond acceptors (Lipinski definition) is 3. The summed E-state index contributed by atoms with van der Waals surface area (Å²) in [6.45, 7) is 5.00. The number of aromatic nitrogens is 2. The third-order valence-electron chi connectivity index (χ3n) is 3.76. The molecule has 120 valence electrons. The molecule has 2 heterocycles. The number of aryl methyl sites for hydroxylation is 1. The molecule has 1 aliphatic rings. The highest BCUT2D eigenvalue weighted by Gasteiger charge is 2.22. The first-order valence-electron chi connectivity index (χ1n) is 7.52. The molecule has 1 saturated heterocycles. The van der Waals surface area contributed by atoms with E-state index in [1.165, 1.54) is 0 Å². The lowest BCUT2D eigenvalue weighted by atomic mass is 10.1. The summed E-state index contributed by atoms with van der Waals surface area (Å²) >= 11 is 0. The maximum absolute atomic E-state index is 12.4. The fourth-order valence-corrected chi connectivity index (χ4v) is 2.53. The molecular weight excluding hydrogens is 294 g/mol. The quantitative estimate of drug-likeness (QED) is 0.803. The van der Waals surface area contributed by atoms with E-state index in [0.29, 0.717) is 30.2 Å². The van der Waals surface area contributed by atoms with Crippen LogP contribution in [0.2, 0.25) is 0 Å². The molecule has 7 nitrogen and oxygen atoms in total. The maximum atomic E-state index is 12.4. The molecule has 1 aromatic heterocycles. The van der Waals surface area contributed by atoms with Crippen molar-refractivity contribution >= 4 is 17.6 Å². The number of rotatable bonds is 4. The van der Waals surface area contributed by atoms with Crippen LogP contribution in [-0.4, -0.2) is 35.0 Å². The number of nitrogens with one attached hydrogen (secondary N) is 3. The molecule has 0 unspecified atom stereocenters. The monoisotopic (exact) mass is 313 g/mol.